The standard InChI is InChI=1S/C24H31N3O3/c1-5-6-7-10-25-23(28)15-21(18-12-19(29-3)14-20(13-18)30-4)22-16-26-24-17(2)9-8-11-27(22)24/h8-9,11-14,16,21H,5-7,10,15H2,1-4H3,(H,25,28). The molecule has 0 bridgehead atoms. The molecule has 3 rings (SSSR count). The molecular weight excluding hydrogens is 378 g/mol. The molecule has 0 aliphatic rings. The molecule has 0 aliphatic carbocycles. The topological polar surface area (TPSA) is 64.9 Å². The number of hydrogen-bond acceptors (Lipinski definition) is 4. The number of hydrogen-bond donors (Lipinski definition) is 1. The van der Waals surface area contributed by atoms with Crippen LogP contribution in [0.25, 0.3) is 5.65 Å². The van der Waals surface area contributed by atoms with Gasteiger partial charge in [0.05, 0.1) is 19.9 Å². The van der Waals surface area contributed by atoms with Crippen molar-refractivity contribution < 1.29 is 14.3 Å². The van der Waals surface area contributed by atoms with Crippen molar-refractivity contribution in [3.8, 4) is 11.5 Å². The number of rotatable bonds is 10. The number of amides is 1. The average Bonchev–Trinajstić information content (AvgIpc) is 3.20. The Kier molecular flexibility index (Phi) is 7.33. The molecule has 160 valence electrons. The Labute approximate surface area is 178 Å². The molecule has 1 amide bonds. The Morgan fingerprint density at radius 2 is 1.90 bits per heavy atom. The molecule has 1 unspecified atom stereocenters. The number of nitrogens with one attached hydrogen (secondary N) is 1. The number of benzene rings is 1. The molecule has 0 fully saturated rings. The highest BCUT2D eigenvalue weighted by atomic mass is 16.5. The molecule has 0 saturated heterocycles. The maximum Gasteiger partial charge on any atom is 0.221 e. The zero-order valence-electron chi connectivity index (χ0n) is 18.3. The molecule has 2 aromatic heterocycles. The first-order valence-corrected chi connectivity index (χ1v) is 10.5. The van der Waals surface area contributed by atoms with E-state index < -0.39 is 0 Å². The van der Waals surface area contributed by atoms with E-state index in [1.165, 1.54) is 0 Å². The first-order valence-electron chi connectivity index (χ1n) is 10.5. The third-order valence-electron chi connectivity index (χ3n) is 5.38. The second-order valence-electron chi connectivity index (χ2n) is 7.53. The van der Waals surface area contributed by atoms with Gasteiger partial charge in [0, 0.05) is 37.3 Å². The molecule has 6 nitrogen and oxygen atoms in total. The highest BCUT2D eigenvalue weighted by molar-refractivity contribution is 5.77. The molecule has 2 heterocycles. The number of nitrogens with zero attached hydrogens (tertiary/aromatic N) is 2. The molecular formula is C24H31N3O3. The number of pyridine rings is 1. The summed E-state index contributed by atoms with van der Waals surface area (Å²) in [6.07, 6.45) is 7.42. The minimum Gasteiger partial charge on any atom is -0.497 e. The first-order chi connectivity index (χ1) is 14.6. The van der Waals surface area contributed by atoms with E-state index >= 15 is 0 Å². The Balaban J connectivity index is 1.99. The summed E-state index contributed by atoms with van der Waals surface area (Å²) in [5.41, 5.74) is 3.91. The van der Waals surface area contributed by atoms with Crippen molar-refractivity contribution in [3.63, 3.8) is 0 Å². The van der Waals surface area contributed by atoms with Crippen LogP contribution in [0.4, 0.5) is 0 Å². The minimum atomic E-state index is -0.183. The third-order valence-corrected chi connectivity index (χ3v) is 5.38. The number of carbonyl (C=O) groups is 1. The van der Waals surface area contributed by atoms with Crippen molar-refractivity contribution in [2.75, 3.05) is 20.8 Å². The summed E-state index contributed by atoms with van der Waals surface area (Å²) in [5.74, 6) is 1.24. The highest BCUT2D eigenvalue weighted by Gasteiger charge is 2.23. The maximum absolute atomic E-state index is 12.8. The van der Waals surface area contributed by atoms with Crippen LogP contribution in [0.5, 0.6) is 11.5 Å². The minimum absolute atomic E-state index is 0.0282. The number of fused-ring (bicyclic) bond motifs is 1. The van der Waals surface area contributed by atoms with Crippen LogP contribution >= 0.6 is 0 Å². The van der Waals surface area contributed by atoms with Crippen LogP contribution < -0.4 is 14.8 Å². The molecule has 6 heteroatoms. The number of aromatic nitrogens is 2. The van der Waals surface area contributed by atoms with Crippen molar-refractivity contribution in [1.82, 2.24) is 14.7 Å². The predicted octanol–water partition coefficient (Wildman–Crippen LogP) is 4.49. The summed E-state index contributed by atoms with van der Waals surface area (Å²) in [6, 6.07) is 9.81. The van der Waals surface area contributed by atoms with Crippen molar-refractivity contribution >= 4 is 11.6 Å². The van der Waals surface area contributed by atoms with Gasteiger partial charge in [-0.05, 0) is 42.7 Å². The molecule has 1 N–H and O–H groups in total. The predicted molar refractivity (Wildman–Crippen MR) is 118 cm³/mol. The summed E-state index contributed by atoms with van der Waals surface area (Å²) >= 11 is 0. The fraction of sp³-hybridized carbons (Fsp3) is 0.417. The zero-order chi connectivity index (χ0) is 21.5. The number of unbranched alkanes of at least 4 members (excludes halogenated alkanes) is 2. The SMILES string of the molecule is CCCCCNC(=O)CC(c1cc(OC)cc(OC)c1)c1cnc2c(C)cccn12. The van der Waals surface area contributed by atoms with Crippen LogP contribution in [0.3, 0.4) is 0 Å². The van der Waals surface area contributed by atoms with Crippen LogP contribution in [-0.4, -0.2) is 36.1 Å². The van der Waals surface area contributed by atoms with Gasteiger partial charge in [-0.3, -0.25) is 4.79 Å². The summed E-state index contributed by atoms with van der Waals surface area (Å²) in [5, 5.41) is 3.07. The lowest BCUT2D eigenvalue weighted by molar-refractivity contribution is -0.121. The van der Waals surface area contributed by atoms with Gasteiger partial charge in [-0.25, -0.2) is 4.98 Å². The lowest BCUT2D eigenvalue weighted by Gasteiger charge is -2.19. The van der Waals surface area contributed by atoms with Gasteiger partial charge in [0.2, 0.25) is 5.91 Å². The van der Waals surface area contributed by atoms with Crippen LogP contribution in [0.1, 0.15) is 55.3 Å². The monoisotopic (exact) mass is 409 g/mol. The van der Waals surface area contributed by atoms with Gasteiger partial charge in [-0.2, -0.15) is 0 Å². The summed E-state index contributed by atoms with van der Waals surface area (Å²) in [6.45, 7) is 4.89. The van der Waals surface area contributed by atoms with Crippen LogP contribution in [0, 0.1) is 6.92 Å². The Hall–Kier alpha value is -3.02. The zero-order valence-corrected chi connectivity index (χ0v) is 18.3. The van der Waals surface area contributed by atoms with E-state index in [4.69, 9.17) is 9.47 Å². The fourth-order valence-electron chi connectivity index (χ4n) is 3.71. The second kappa shape index (κ2) is 10.1. The van der Waals surface area contributed by atoms with E-state index in [1.54, 1.807) is 14.2 Å². The number of methoxy groups -OCH3 is 2. The van der Waals surface area contributed by atoms with Gasteiger partial charge in [0.15, 0.2) is 0 Å². The summed E-state index contributed by atoms with van der Waals surface area (Å²) < 4.78 is 13.0. The van der Waals surface area contributed by atoms with Crippen molar-refractivity contribution in [1.29, 1.82) is 0 Å². The quantitative estimate of drug-likeness (QED) is 0.501. The van der Waals surface area contributed by atoms with Gasteiger partial charge in [-0.15, -0.1) is 0 Å². The van der Waals surface area contributed by atoms with Gasteiger partial charge < -0.3 is 19.2 Å². The van der Waals surface area contributed by atoms with Crippen LogP contribution in [0.15, 0.2) is 42.7 Å². The van der Waals surface area contributed by atoms with Crippen LogP contribution in [0.2, 0.25) is 0 Å². The molecule has 0 saturated carbocycles. The van der Waals surface area contributed by atoms with Gasteiger partial charge in [0.1, 0.15) is 17.1 Å². The molecule has 30 heavy (non-hydrogen) atoms. The molecule has 3 aromatic rings. The van der Waals surface area contributed by atoms with E-state index in [0.29, 0.717) is 24.5 Å². The van der Waals surface area contributed by atoms with Gasteiger partial charge in [0.25, 0.3) is 0 Å². The number of carbonyl (C=O) groups excluding carboxylic acids is 1. The van der Waals surface area contributed by atoms with E-state index in [-0.39, 0.29) is 11.8 Å². The second-order valence-corrected chi connectivity index (χ2v) is 7.53. The molecule has 1 aromatic carbocycles. The summed E-state index contributed by atoms with van der Waals surface area (Å²) in [7, 11) is 3.26. The van der Waals surface area contributed by atoms with E-state index in [9.17, 15) is 4.79 Å². The lowest BCUT2D eigenvalue weighted by atomic mass is 9.91. The van der Waals surface area contributed by atoms with Gasteiger partial charge in [-0.1, -0.05) is 25.8 Å². The van der Waals surface area contributed by atoms with Crippen LogP contribution in [-0.2, 0) is 4.79 Å². The summed E-state index contributed by atoms with van der Waals surface area (Å²) in [4.78, 5) is 17.4. The largest absolute Gasteiger partial charge is 0.497 e. The smallest absolute Gasteiger partial charge is 0.221 e. The van der Waals surface area contributed by atoms with E-state index in [1.807, 2.05) is 49.6 Å². The van der Waals surface area contributed by atoms with Gasteiger partial charge >= 0.3 is 0 Å². The number of imidazole rings is 1. The van der Waals surface area contributed by atoms with E-state index in [0.717, 1.165) is 41.7 Å². The molecule has 1 atom stereocenters. The van der Waals surface area contributed by atoms with Crippen molar-refractivity contribution in [2.45, 2.75) is 45.4 Å². The van der Waals surface area contributed by atoms with Crippen molar-refractivity contribution in [2.24, 2.45) is 0 Å². The maximum atomic E-state index is 12.8. The normalized spacial score (nSPS) is 12.0. The average molecular weight is 410 g/mol. The van der Waals surface area contributed by atoms with Crippen molar-refractivity contribution in [3.05, 3.63) is 59.5 Å². The Morgan fingerprint density at radius 1 is 1.17 bits per heavy atom. The number of aryl methyl sites for hydroxylation is 1. The first kappa shape index (κ1) is 21.7. The Morgan fingerprint density at radius 3 is 2.57 bits per heavy atom. The third kappa shape index (κ3) is 4.93. The fourth-order valence-corrected chi connectivity index (χ4v) is 3.71. The Bertz CT molecular complexity index is 974. The highest BCUT2D eigenvalue weighted by Crippen LogP contribution is 2.34. The van der Waals surface area contributed by atoms with E-state index in [2.05, 4.69) is 21.6 Å². The molecule has 0 radical (unpaired) electrons. The lowest BCUT2D eigenvalue weighted by Crippen LogP contribution is -2.26. The molecule has 0 aliphatic heterocycles. The number of ether oxygens (including phenoxy) is 2. The molecule has 0 spiro atoms.